The van der Waals surface area contributed by atoms with E-state index in [1.165, 1.54) is 23.2 Å². The first-order valence-electron chi connectivity index (χ1n) is 9.36. The van der Waals surface area contributed by atoms with Gasteiger partial charge in [-0.2, -0.15) is 13.2 Å². The van der Waals surface area contributed by atoms with Gasteiger partial charge in [-0.1, -0.05) is 18.2 Å². The minimum absolute atomic E-state index is 0.0174. The molecule has 1 saturated heterocycles. The van der Waals surface area contributed by atoms with Gasteiger partial charge in [0.15, 0.2) is 6.29 Å². The number of ether oxygens (including phenoxy) is 2. The fourth-order valence-electron chi connectivity index (χ4n) is 3.46. The lowest BCUT2D eigenvalue weighted by Crippen LogP contribution is -2.31. The van der Waals surface area contributed by atoms with Gasteiger partial charge in [0.25, 0.3) is 5.91 Å². The zero-order valence-electron chi connectivity index (χ0n) is 16.1. The average molecular weight is 419 g/mol. The summed E-state index contributed by atoms with van der Waals surface area (Å²) in [6, 6.07) is 11.1. The van der Waals surface area contributed by atoms with Gasteiger partial charge < -0.3 is 25.0 Å². The topological polar surface area (TPSA) is 62.8 Å². The molecule has 0 spiro atoms. The first-order valence-corrected chi connectivity index (χ1v) is 9.36. The number of carbonyl (C=O) groups excluding carboxylic acids is 1. The smallest absolute Gasteiger partial charge is 0.369 e. The molecule has 0 unspecified atom stereocenters. The average Bonchev–Trinajstić information content (AvgIpc) is 3.32. The molecule has 0 bridgehead atoms. The SMILES string of the molecule is CN(CC1OCCO1)c1ccc(N/C=C2/C(=O)Nc3ccccc32)cc1C(F)(F)F. The summed E-state index contributed by atoms with van der Waals surface area (Å²) >= 11 is 0. The van der Waals surface area contributed by atoms with Crippen molar-refractivity contribution in [2.45, 2.75) is 12.5 Å². The van der Waals surface area contributed by atoms with Gasteiger partial charge in [0.05, 0.1) is 30.9 Å². The Bertz CT molecular complexity index is 985. The lowest BCUT2D eigenvalue weighted by atomic mass is 10.1. The Hall–Kier alpha value is -3.04. The molecule has 2 aromatic rings. The molecule has 2 heterocycles. The number of carbonyl (C=O) groups is 1. The molecule has 0 aliphatic carbocycles. The number of anilines is 3. The molecule has 0 saturated carbocycles. The number of fused-ring (bicyclic) bond motifs is 1. The number of amides is 1. The molecular formula is C21H20F3N3O3. The molecule has 2 aromatic carbocycles. The van der Waals surface area contributed by atoms with Crippen LogP contribution in [0, 0.1) is 0 Å². The molecule has 1 fully saturated rings. The van der Waals surface area contributed by atoms with E-state index in [1.807, 2.05) is 0 Å². The molecule has 0 radical (unpaired) electrons. The highest BCUT2D eigenvalue weighted by Gasteiger charge is 2.35. The van der Waals surface area contributed by atoms with Crippen LogP contribution in [0.1, 0.15) is 11.1 Å². The van der Waals surface area contributed by atoms with Crippen molar-refractivity contribution < 1.29 is 27.4 Å². The Labute approximate surface area is 171 Å². The van der Waals surface area contributed by atoms with Crippen molar-refractivity contribution >= 4 is 28.5 Å². The van der Waals surface area contributed by atoms with E-state index < -0.39 is 18.0 Å². The fourth-order valence-corrected chi connectivity index (χ4v) is 3.46. The fraction of sp³-hybridized carbons (Fsp3) is 0.286. The van der Waals surface area contributed by atoms with Gasteiger partial charge in [-0.05, 0) is 24.3 Å². The van der Waals surface area contributed by atoms with Crippen molar-refractivity contribution in [3.63, 3.8) is 0 Å². The van der Waals surface area contributed by atoms with Gasteiger partial charge in [0.1, 0.15) is 0 Å². The maximum Gasteiger partial charge on any atom is 0.418 e. The third kappa shape index (κ3) is 4.12. The Morgan fingerprint density at radius 2 is 1.93 bits per heavy atom. The highest BCUT2D eigenvalue weighted by atomic mass is 19.4. The Morgan fingerprint density at radius 3 is 2.67 bits per heavy atom. The number of nitrogens with one attached hydrogen (secondary N) is 2. The van der Waals surface area contributed by atoms with E-state index in [2.05, 4.69) is 10.6 Å². The molecule has 2 N–H and O–H groups in total. The monoisotopic (exact) mass is 419 g/mol. The van der Waals surface area contributed by atoms with Gasteiger partial charge in [-0.3, -0.25) is 4.79 Å². The van der Waals surface area contributed by atoms with Gasteiger partial charge in [-0.25, -0.2) is 0 Å². The van der Waals surface area contributed by atoms with Crippen LogP contribution in [0.3, 0.4) is 0 Å². The lowest BCUT2D eigenvalue weighted by molar-refractivity contribution is -0.137. The summed E-state index contributed by atoms with van der Waals surface area (Å²) in [6.07, 6.45) is -3.69. The minimum atomic E-state index is -4.55. The van der Waals surface area contributed by atoms with Crippen LogP contribution in [0.4, 0.5) is 30.2 Å². The van der Waals surface area contributed by atoms with E-state index in [1.54, 1.807) is 31.3 Å². The molecule has 6 nitrogen and oxygen atoms in total. The second-order valence-electron chi connectivity index (χ2n) is 6.98. The predicted molar refractivity (Wildman–Crippen MR) is 107 cm³/mol. The predicted octanol–water partition coefficient (Wildman–Crippen LogP) is 3.92. The Kier molecular flexibility index (Phi) is 5.40. The molecule has 0 atom stereocenters. The maximum atomic E-state index is 13.7. The van der Waals surface area contributed by atoms with Crippen LogP contribution in [-0.4, -0.2) is 39.0 Å². The van der Waals surface area contributed by atoms with Crippen LogP contribution in [0.15, 0.2) is 48.7 Å². The number of hydrogen-bond donors (Lipinski definition) is 2. The lowest BCUT2D eigenvalue weighted by Gasteiger charge is -2.26. The molecular weight excluding hydrogens is 399 g/mol. The molecule has 9 heteroatoms. The van der Waals surface area contributed by atoms with E-state index in [0.29, 0.717) is 30.0 Å². The first-order chi connectivity index (χ1) is 14.3. The van der Waals surface area contributed by atoms with Crippen LogP contribution in [-0.2, 0) is 20.4 Å². The van der Waals surface area contributed by atoms with Crippen molar-refractivity contribution in [1.29, 1.82) is 0 Å². The summed E-state index contributed by atoms with van der Waals surface area (Å²) in [5, 5.41) is 5.54. The second-order valence-corrected chi connectivity index (χ2v) is 6.98. The van der Waals surface area contributed by atoms with E-state index >= 15 is 0 Å². The second kappa shape index (κ2) is 8.00. The number of likely N-dealkylation sites (N-methyl/N-ethyl adjacent to an activating group) is 1. The van der Waals surface area contributed by atoms with Gasteiger partial charge in [0.2, 0.25) is 0 Å². The van der Waals surface area contributed by atoms with E-state index in [9.17, 15) is 18.0 Å². The first kappa shape index (κ1) is 20.2. The standard InChI is InChI=1S/C21H20F3N3O3/c1-27(12-19-29-8-9-30-19)18-7-6-13(10-16(18)21(22,23)24)25-11-15-14-4-2-3-5-17(14)26-20(15)28/h2-7,10-11,19,25H,8-9,12H2,1H3,(H,26,28)/b15-11+. The van der Waals surface area contributed by atoms with E-state index in [4.69, 9.17) is 9.47 Å². The number of para-hydroxylation sites is 1. The molecule has 158 valence electrons. The zero-order valence-corrected chi connectivity index (χ0v) is 16.1. The van der Waals surface area contributed by atoms with Gasteiger partial charge in [0, 0.05) is 35.9 Å². The van der Waals surface area contributed by atoms with Crippen LogP contribution in [0.2, 0.25) is 0 Å². The molecule has 30 heavy (non-hydrogen) atoms. The van der Waals surface area contributed by atoms with Gasteiger partial charge in [-0.15, -0.1) is 0 Å². The number of hydrogen-bond acceptors (Lipinski definition) is 5. The summed E-state index contributed by atoms with van der Waals surface area (Å²) in [6.45, 7) is 1.04. The van der Waals surface area contributed by atoms with Crippen LogP contribution in [0.5, 0.6) is 0 Å². The Balaban J connectivity index is 1.58. The summed E-state index contributed by atoms with van der Waals surface area (Å²) in [5.41, 5.74) is 1.17. The van der Waals surface area contributed by atoms with Crippen molar-refractivity contribution in [3.8, 4) is 0 Å². The van der Waals surface area contributed by atoms with Crippen molar-refractivity contribution in [2.24, 2.45) is 0 Å². The largest absolute Gasteiger partial charge is 0.418 e. The van der Waals surface area contributed by atoms with Crippen molar-refractivity contribution in [2.75, 3.05) is 42.3 Å². The molecule has 2 aliphatic rings. The number of halogens is 3. The van der Waals surface area contributed by atoms with Gasteiger partial charge >= 0.3 is 6.18 Å². The molecule has 2 aliphatic heterocycles. The van der Waals surface area contributed by atoms with Crippen molar-refractivity contribution in [3.05, 3.63) is 59.8 Å². The summed E-state index contributed by atoms with van der Waals surface area (Å²) in [7, 11) is 1.56. The number of alkyl halides is 3. The highest BCUT2D eigenvalue weighted by Crippen LogP contribution is 2.38. The van der Waals surface area contributed by atoms with Crippen LogP contribution < -0.4 is 15.5 Å². The normalized spacial score (nSPS) is 17.9. The third-order valence-electron chi connectivity index (χ3n) is 4.92. The molecule has 0 aromatic heterocycles. The summed E-state index contributed by atoms with van der Waals surface area (Å²) in [5.74, 6) is -0.312. The maximum absolute atomic E-state index is 13.7. The minimum Gasteiger partial charge on any atom is -0.369 e. The third-order valence-corrected chi connectivity index (χ3v) is 4.92. The molecule has 1 amide bonds. The summed E-state index contributed by atoms with van der Waals surface area (Å²) < 4.78 is 51.8. The zero-order chi connectivity index (χ0) is 21.3. The van der Waals surface area contributed by atoms with E-state index in [-0.39, 0.29) is 23.8 Å². The Morgan fingerprint density at radius 1 is 1.20 bits per heavy atom. The van der Waals surface area contributed by atoms with Crippen LogP contribution >= 0.6 is 0 Å². The van der Waals surface area contributed by atoms with Crippen LogP contribution in [0.25, 0.3) is 5.57 Å². The number of benzene rings is 2. The molecule has 4 rings (SSSR count). The number of rotatable bonds is 5. The number of nitrogens with zero attached hydrogens (tertiary/aromatic N) is 1. The highest BCUT2D eigenvalue weighted by molar-refractivity contribution is 6.31. The van der Waals surface area contributed by atoms with Crippen molar-refractivity contribution in [1.82, 2.24) is 0 Å². The quantitative estimate of drug-likeness (QED) is 0.720. The van der Waals surface area contributed by atoms with E-state index in [0.717, 1.165) is 6.07 Å². The summed E-state index contributed by atoms with van der Waals surface area (Å²) in [4.78, 5) is 13.6.